The number of hydrogen-bond acceptors (Lipinski definition) is 3. The van der Waals surface area contributed by atoms with E-state index in [0.29, 0.717) is 31.1 Å². The van der Waals surface area contributed by atoms with Crippen LogP contribution in [0.2, 0.25) is 0 Å². The van der Waals surface area contributed by atoms with Gasteiger partial charge in [-0.3, -0.25) is 9.59 Å². The summed E-state index contributed by atoms with van der Waals surface area (Å²) < 4.78 is 0. The number of amides is 1. The SMILES string of the molecule is CC(C)Cc1ccc(C(=O)C2CCN(C(=O)c3ccc(CN)cc3)CC2)cc1. The zero-order valence-corrected chi connectivity index (χ0v) is 16.9. The Morgan fingerprint density at radius 2 is 1.46 bits per heavy atom. The number of nitrogens with zero attached hydrogens (tertiary/aromatic N) is 1. The first-order valence-electron chi connectivity index (χ1n) is 10.2. The van der Waals surface area contributed by atoms with Gasteiger partial charge in [0.05, 0.1) is 0 Å². The van der Waals surface area contributed by atoms with E-state index in [4.69, 9.17) is 5.73 Å². The van der Waals surface area contributed by atoms with Crippen molar-refractivity contribution in [3.8, 4) is 0 Å². The van der Waals surface area contributed by atoms with Gasteiger partial charge in [-0.1, -0.05) is 50.2 Å². The lowest BCUT2D eigenvalue weighted by molar-refractivity contribution is 0.0650. The molecule has 0 radical (unpaired) electrons. The molecule has 0 bridgehead atoms. The van der Waals surface area contributed by atoms with Crippen LogP contribution in [0.25, 0.3) is 0 Å². The Hall–Kier alpha value is -2.46. The van der Waals surface area contributed by atoms with Crippen molar-refractivity contribution in [3.05, 3.63) is 70.8 Å². The number of rotatable bonds is 6. The molecular weight excluding hydrogens is 348 g/mol. The van der Waals surface area contributed by atoms with E-state index < -0.39 is 0 Å². The van der Waals surface area contributed by atoms with Crippen molar-refractivity contribution in [3.63, 3.8) is 0 Å². The van der Waals surface area contributed by atoms with Gasteiger partial charge in [0.15, 0.2) is 5.78 Å². The quantitative estimate of drug-likeness (QED) is 0.771. The second kappa shape index (κ2) is 9.16. The fourth-order valence-electron chi connectivity index (χ4n) is 3.82. The molecule has 0 saturated carbocycles. The molecule has 0 atom stereocenters. The summed E-state index contributed by atoms with van der Waals surface area (Å²) in [5, 5.41) is 0. The molecule has 28 heavy (non-hydrogen) atoms. The van der Waals surface area contributed by atoms with Crippen LogP contribution in [-0.4, -0.2) is 29.7 Å². The van der Waals surface area contributed by atoms with Gasteiger partial charge in [0.1, 0.15) is 0 Å². The molecule has 0 unspecified atom stereocenters. The summed E-state index contributed by atoms with van der Waals surface area (Å²) in [4.78, 5) is 27.4. The maximum Gasteiger partial charge on any atom is 0.253 e. The molecule has 0 spiro atoms. The van der Waals surface area contributed by atoms with E-state index >= 15 is 0 Å². The number of hydrogen-bond donors (Lipinski definition) is 1. The maximum atomic E-state index is 12.8. The third-order valence-corrected chi connectivity index (χ3v) is 5.47. The summed E-state index contributed by atoms with van der Waals surface area (Å²) in [6.45, 7) is 6.11. The predicted octanol–water partition coefficient (Wildman–Crippen LogP) is 4.08. The zero-order chi connectivity index (χ0) is 20.1. The minimum Gasteiger partial charge on any atom is -0.339 e. The van der Waals surface area contributed by atoms with Crippen molar-refractivity contribution in [1.82, 2.24) is 4.90 Å². The highest BCUT2D eigenvalue weighted by atomic mass is 16.2. The van der Waals surface area contributed by atoms with E-state index in [2.05, 4.69) is 26.0 Å². The molecule has 2 aromatic carbocycles. The van der Waals surface area contributed by atoms with Crippen molar-refractivity contribution in [2.24, 2.45) is 17.6 Å². The van der Waals surface area contributed by atoms with Crippen LogP contribution in [0.3, 0.4) is 0 Å². The highest BCUT2D eigenvalue weighted by molar-refractivity contribution is 5.98. The normalized spacial score (nSPS) is 15.1. The fourth-order valence-corrected chi connectivity index (χ4v) is 3.82. The maximum absolute atomic E-state index is 12.8. The lowest BCUT2D eigenvalue weighted by atomic mass is 9.88. The first kappa shape index (κ1) is 20.3. The topological polar surface area (TPSA) is 63.4 Å². The van der Waals surface area contributed by atoms with Crippen LogP contribution < -0.4 is 5.73 Å². The van der Waals surface area contributed by atoms with E-state index in [1.807, 2.05) is 41.3 Å². The van der Waals surface area contributed by atoms with Crippen molar-refractivity contribution in [2.75, 3.05) is 13.1 Å². The molecule has 0 aromatic heterocycles. The monoisotopic (exact) mass is 378 g/mol. The molecule has 4 nitrogen and oxygen atoms in total. The van der Waals surface area contributed by atoms with Gasteiger partial charge in [0.2, 0.25) is 0 Å². The van der Waals surface area contributed by atoms with Crippen LogP contribution in [-0.2, 0) is 13.0 Å². The number of nitrogens with two attached hydrogens (primary N) is 1. The first-order chi connectivity index (χ1) is 13.5. The lowest BCUT2D eigenvalue weighted by Crippen LogP contribution is -2.40. The van der Waals surface area contributed by atoms with Gasteiger partial charge in [-0.15, -0.1) is 0 Å². The molecule has 4 heteroatoms. The molecule has 3 rings (SSSR count). The molecule has 1 aliphatic heterocycles. The number of benzene rings is 2. The molecule has 148 valence electrons. The number of Topliss-reactive ketones (excluding diaryl/α,β-unsaturated/α-hetero) is 1. The number of piperidine rings is 1. The number of ketones is 1. The number of likely N-dealkylation sites (tertiary alicyclic amines) is 1. The molecule has 1 aliphatic rings. The summed E-state index contributed by atoms with van der Waals surface area (Å²) in [5.41, 5.74) is 9.37. The minimum atomic E-state index is -0.000357. The number of carbonyl (C=O) groups is 2. The Kier molecular flexibility index (Phi) is 6.63. The first-order valence-corrected chi connectivity index (χ1v) is 10.2. The van der Waals surface area contributed by atoms with E-state index in [-0.39, 0.29) is 17.6 Å². The Labute approximate surface area is 167 Å². The molecule has 1 heterocycles. The van der Waals surface area contributed by atoms with Crippen LogP contribution >= 0.6 is 0 Å². The second-order valence-corrected chi connectivity index (χ2v) is 8.13. The molecule has 0 aliphatic carbocycles. The summed E-state index contributed by atoms with van der Waals surface area (Å²) in [7, 11) is 0. The molecule has 1 saturated heterocycles. The molecule has 2 aromatic rings. The highest BCUT2D eigenvalue weighted by Crippen LogP contribution is 2.23. The van der Waals surface area contributed by atoms with Crippen molar-refractivity contribution < 1.29 is 9.59 Å². The Bertz CT molecular complexity index is 802. The van der Waals surface area contributed by atoms with Gasteiger partial charge >= 0.3 is 0 Å². The van der Waals surface area contributed by atoms with Gasteiger partial charge in [0, 0.05) is 36.7 Å². The minimum absolute atomic E-state index is 0.000357. The van der Waals surface area contributed by atoms with Gasteiger partial charge < -0.3 is 10.6 Å². The van der Waals surface area contributed by atoms with Crippen LogP contribution in [0.15, 0.2) is 48.5 Å². The van der Waals surface area contributed by atoms with Crippen molar-refractivity contribution >= 4 is 11.7 Å². The Balaban J connectivity index is 1.56. The van der Waals surface area contributed by atoms with Gasteiger partial charge in [-0.05, 0) is 48.4 Å². The van der Waals surface area contributed by atoms with Gasteiger partial charge in [0.25, 0.3) is 5.91 Å². The average Bonchev–Trinajstić information content (AvgIpc) is 2.73. The van der Waals surface area contributed by atoms with E-state index in [9.17, 15) is 9.59 Å². The lowest BCUT2D eigenvalue weighted by Gasteiger charge is -2.31. The number of carbonyl (C=O) groups excluding carboxylic acids is 2. The van der Waals surface area contributed by atoms with Crippen LogP contribution in [0.1, 0.15) is 58.5 Å². The third-order valence-electron chi connectivity index (χ3n) is 5.47. The predicted molar refractivity (Wildman–Crippen MR) is 112 cm³/mol. The Morgan fingerprint density at radius 1 is 0.929 bits per heavy atom. The largest absolute Gasteiger partial charge is 0.339 e. The van der Waals surface area contributed by atoms with Gasteiger partial charge in [-0.2, -0.15) is 0 Å². The smallest absolute Gasteiger partial charge is 0.253 e. The van der Waals surface area contributed by atoms with E-state index in [1.165, 1.54) is 5.56 Å². The van der Waals surface area contributed by atoms with Gasteiger partial charge in [-0.25, -0.2) is 0 Å². The summed E-state index contributed by atoms with van der Waals surface area (Å²) in [5.74, 6) is 0.845. The summed E-state index contributed by atoms with van der Waals surface area (Å²) in [6.07, 6.45) is 2.47. The summed E-state index contributed by atoms with van der Waals surface area (Å²) in [6, 6.07) is 15.5. The van der Waals surface area contributed by atoms with E-state index in [0.717, 1.165) is 30.4 Å². The van der Waals surface area contributed by atoms with Crippen LogP contribution in [0.5, 0.6) is 0 Å². The molecule has 1 amide bonds. The average molecular weight is 379 g/mol. The highest BCUT2D eigenvalue weighted by Gasteiger charge is 2.28. The standard InChI is InChI=1S/C24H30N2O2/c1-17(2)15-18-3-7-20(8-4-18)23(27)21-11-13-26(14-12-21)24(28)22-9-5-19(16-25)6-10-22/h3-10,17,21H,11-16,25H2,1-2H3. The van der Waals surface area contributed by atoms with Crippen LogP contribution in [0.4, 0.5) is 0 Å². The fraction of sp³-hybridized carbons (Fsp3) is 0.417. The van der Waals surface area contributed by atoms with Crippen molar-refractivity contribution in [2.45, 2.75) is 39.7 Å². The molecular formula is C24H30N2O2. The second-order valence-electron chi connectivity index (χ2n) is 8.13. The third kappa shape index (κ3) is 4.87. The summed E-state index contributed by atoms with van der Waals surface area (Å²) >= 11 is 0. The van der Waals surface area contributed by atoms with Crippen LogP contribution in [0, 0.1) is 11.8 Å². The molecule has 1 fully saturated rings. The zero-order valence-electron chi connectivity index (χ0n) is 16.9. The van der Waals surface area contributed by atoms with E-state index in [1.54, 1.807) is 0 Å². The molecule has 2 N–H and O–H groups in total. The van der Waals surface area contributed by atoms with Crippen molar-refractivity contribution in [1.29, 1.82) is 0 Å². The Morgan fingerprint density at radius 3 is 2.00 bits per heavy atom.